The van der Waals surface area contributed by atoms with E-state index >= 15 is 0 Å². The predicted molar refractivity (Wildman–Crippen MR) is 291 cm³/mol. The Bertz CT molecular complexity index is 4540. The van der Waals surface area contributed by atoms with Crippen molar-refractivity contribution in [3.8, 4) is 51.0 Å². The third kappa shape index (κ3) is 5.82. The number of hydrogen-bond acceptors (Lipinski definition) is 4. The van der Waals surface area contributed by atoms with E-state index in [9.17, 15) is 0 Å². The fourth-order valence-electron chi connectivity index (χ4n) is 11.2. The maximum Gasteiger partial charge on any atom is 0.164 e. The van der Waals surface area contributed by atoms with Crippen LogP contribution in [-0.2, 0) is 0 Å². The van der Waals surface area contributed by atoms with Crippen LogP contribution in [0.5, 0.6) is 0 Å². The molecule has 70 heavy (non-hydrogen) atoms. The molecule has 0 amide bonds. The summed E-state index contributed by atoms with van der Waals surface area (Å²) in [5, 5.41) is 16.1. The van der Waals surface area contributed by atoms with Crippen LogP contribution in [0, 0.1) is 0 Å². The van der Waals surface area contributed by atoms with E-state index in [4.69, 9.17) is 19.4 Å². The third-order valence-electron chi connectivity index (χ3n) is 14.4. The summed E-state index contributed by atoms with van der Waals surface area (Å²) in [7, 11) is 0. The van der Waals surface area contributed by atoms with E-state index < -0.39 is 0 Å². The molecular weight excluding hydrogens is 853 g/mol. The molecule has 0 saturated heterocycles. The molecule has 15 aromatic rings. The van der Waals surface area contributed by atoms with Crippen LogP contribution in [0.2, 0.25) is 0 Å². The molecule has 0 saturated carbocycles. The number of aromatic nitrogens is 4. The second-order valence-corrected chi connectivity index (χ2v) is 18.3. The number of nitrogens with zero attached hydrogens (tertiary/aromatic N) is 4. The number of furan rings is 1. The predicted octanol–water partition coefficient (Wildman–Crippen LogP) is 17.3. The van der Waals surface area contributed by atoms with Crippen LogP contribution in [0.25, 0.3) is 149 Å². The zero-order valence-corrected chi connectivity index (χ0v) is 37.6. The normalized spacial score (nSPS) is 12.0. The standard InChI is InChI=1S/C65H38N4O/c1-2-17-42-37-60-58(36-41(42)16-1)50-20-7-9-28-59(50)69(60)43-32-35-56(57(38-43)53-25-13-24-52-51-21-8-10-29-61(51)70-62(52)53)65-67-63(54-26-11-22-46-44-18-5-3-14-39(44)30-33-48(46)54)66-64(68-65)55-27-12-23-47-45-19-6-4-15-40(45)31-34-49(47)55/h1-38H. The average Bonchev–Trinajstić information content (AvgIpc) is 3.97. The van der Waals surface area contributed by atoms with Gasteiger partial charge < -0.3 is 8.98 Å². The second-order valence-electron chi connectivity index (χ2n) is 18.3. The van der Waals surface area contributed by atoms with Crippen molar-refractivity contribution < 1.29 is 4.42 Å². The van der Waals surface area contributed by atoms with E-state index in [0.29, 0.717) is 17.5 Å². The first-order valence-electron chi connectivity index (χ1n) is 23.8. The molecule has 12 aromatic carbocycles. The van der Waals surface area contributed by atoms with Gasteiger partial charge in [0.05, 0.1) is 11.0 Å². The highest BCUT2D eigenvalue weighted by molar-refractivity contribution is 6.16. The minimum absolute atomic E-state index is 0.568. The van der Waals surface area contributed by atoms with Crippen LogP contribution >= 0.6 is 0 Å². The number of rotatable bonds is 5. The molecule has 0 unspecified atom stereocenters. The number of para-hydroxylation sites is 3. The Morgan fingerprint density at radius 2 is 0.786 bits per heavy atom. The van der Waals surface area contributed by atoms with Gasteiger partial charge >= 0.3 is 0 Å². The van der Waals surface area contributed by atoms with Crippen molar-refractivity contribution in [2.24, 2.45) is 0 Å². The van der Waals surface area contributed by atoms with Crippen LogP contribution in [0.1, 0.15) is 0 Å². The quantitative estimate of drug-likeness (QED) is 0.162. The van der Waals surface area contributed by atoms with E-state index in [1.54, 1.807) is 0 Å². The lowest BCUT2D eigenvalue weighted by Gasteiger charge is -2.17. The molecule has 0 fully saturated rings. The molecule has 15 rings (SSSR count). The smallest absolute Gasteiger partial charge is 0.164 e. The van der Waals surface area contributed by atoms with Crippen molar-refractivity contribution in [3.63, 3.8) is 0 Å². The van der Waals surface area contributed by atoms with Crippen LogP contribution in [-0.4, -0.2) is 19.5 Å². The first-order chi connectivity index (χ1) is 34.7. The summed E-state index contributed by atoms with van der Waals surface area (Å²) in [5.41, 5.74) is 9.58. The number of hydrogen-bond donors (Lipinski definition) is 0. The fourth-order valence-corrected chi connectivity index (χ4v) is 11.2. The van der Waals surface area contributed by atoms with E-state index in [1.165, 1.54) is 43.1 Å². The Morgan fingerprint density at radius 3 is 1.46 bits per heavy atom. The molecule has 0 bridgehead atoms. The molecule has 5 heteroatoms. The van der Waals surface area contributed by atoms with Gasteiger partial charge in [0.15, 0.2) is 17.5 Å². The summed E-state index contributed by atoms with van der Waals surface area (Å²) in [5.74, 6) is 1.77. The van der Waals surface area contributed by atoms with Gasteiger partial charge in [-0.1, -0.05) is 188 Å². The van der Waals surface area contributed by atoms with Crippen LogP contribution in [0.3, 0.4) is 0 Å². The highest BCUT2D eigenvalue weighted by Crippen LogP contribution is 2.44. The Hall–Kier alpha value is -9.45. The van der Waals surface area contributed by atoms with Gasteiger partial charge in [-0.25, -0.2) is 15.0 Å². The Labute approximate surface area is 401 Å². The van der Waals surface area contributed by atoms with Gasteiger partial charge in [-0.2, -0.15) is 0 Å². The first kappa shape index (κ1) is 38.6. The van der Waals surface area contributed by atoms with Crippen molar-refractivity contribution in [1.82, 2.24) is 19.5 Å². The minimum atomic E-state index is 0.568. The molecule has 5 nitrogen and oxygen atoms in total. The van der Waals surface area contributed by atoms with E-state index in [-0.39, 0.29) is 0 Å². The molecule has 0 spiro atoms. The van der Waals surface area contributed by atoms with Crippen molar-refractivity contribution >= 4 is 97.6 Å². The molecule has 0 aliphatic carbocycles. The molecule has 0 radical (unpaired) electrons. The highest BCUT2D eigenvalue weighted by atomic mass is 16.3. The van der Waals surface area contributed by atoms with Crippen molar-refractivity contribution in [3.05, 3.63) is 231 Å². The maximum atomic E-state index is 6.84. The van der Waals surface area contributed by atoms with Gasteiger partial charge in [0.1, 0.15) is 11.2 Å². The lowest BCUT2D eigenvalue weighted by molar-refractivity contribution is 0.670. The topological polar surface area (TPSA) is 56.7 Å². The van der Waals surface area contributed by atoms with Gasteiger partial charge in [-0.05, 0) is 102 Å². The van der Waals surface area contributed by atoms with E-state index in [1.807, 2.05) is 12.1 Å². The zero-order chi connectivity index (χ0) is 45.9. The summed E-state index contributed by atoms with van der Waals surface area (Å²) in [4.78, 5) is 16.5. The molecule has 0 aliphatic rings. The van der Waals surface area contributed by atoms with Crippen molar-refractivity contribution in [2.45, 2.75) is 0 Å². The minimum Gasteiger partial charge on any atom is -0.455 e. The lowest BCUT2D eigenvalue weighted by Crippen LogP contribution is -2.03. The number of fused-ring (bicyclic) bond motifs is 13. The second kappa shape index (κ2) is 15.0. The molecule has 0 atom stereocenters. The first-order valence-corrected chi connectivity index (χ1v) is 23.8. The monoisotopic (exact) mass is 890 g/mol. The summed E-state index contributed by atoms with van der Waals surface area (Å²) in [6, 6.07) is 82.3. The Kier molecular flexibility index (Phi) is 8.29. The van der Waals surface area contributed by atoms with Gasteiger partial charge in [-0.15, -0.1) is 0 Å². The highest BCUT2D eigenvalue weighted by Gasteiger charge is 2.23. The number of benzene rings is 12. The molecule has 3 aromatic heterocycles. The summed E-state index contributed by atoms with van der Waals surface area (Å²) in [6.45, 7) is 0. The lowest BCUT2D eigenvalue weighted by atomic mass is 9.95. The van der Waals surface area contributed by atoms with Crippen molar-refractivity contribution in [2.75, 3.05) is 0 Å². The van der Waals surface area contributed by atoms with Crippen molar-refractivity contribution in [1.29, 1.82) is 0 Å². The fraction of sp³-hybridized carbons (Fsp3) is 0. The van der Waals surface area contributed by atoms with Gasteiger partial charge in [0, 0.05) is 49.5 Å². The maximum absolute atomic E-state index is 6.84. The van der Waals surface area contributed by atoms with E-state index in [2.05, 4.69) is 223 Å². The largest absolute Gasteiger partial charge is 0.455 e. The molecule has 0 N–H and O–H groups in total. The summed E-state index contributed by atoms with van der Waals surface area (Å²) in [6.07, 6.45) is 0. The SMILES string of the molecule is c1ccc2cc3c(cc2c1)c1ccccc1n3-c1ccc(-c2nc(-c3cccc4c3ccc3ccccc34)nc(-c3cccc4c3ccc3ccccc34)n2)c(-c2cccc3c2oc2ccccc23)c1. The Morgan fingerprint density at radius 1 is 0.271 bits per heavy atom. The van der Waals surface area contributed by atoms with Crippen LogP contribution in [0.4, 0.5) is 0 Å². The van der Waals surface area contributed by atoms with Crippen LogP contribution < -0.4 is 0 Å². The average molecular weight is 891 g/mol. The van der Waals surface area contributed by atoms with Gasteiger partial charge in [-0.3, -0.25) is 0 Å². The molecular formula is C65H38N4O. The summed E-state index contributed by atoms with van der Waals surface area (Å²) < 4.78 is 9.24. The summed E-state index contributed by atoms with van der Waals surface area (Å²) >= 11 is 0. The van der Waals surface area contributed by atoms with Crippen LogP contribution in [0.15, 0.2) is 235 Å². The molecule has 3 heterocycles. The molecule has 0 aliphatic heterocycles. The Balaban J connectivity index is 1.04. The molecule has 324 valence electrons. The van der Waals surface area contributed by atoms with Gasteiger partial charge in [0.25, 0.3) is 0 Å². The third-order valence-corrected chi connectivity index (χ3v) is 14.4. The van der Waals surface area contributed by atoms with Gasteiger partial charge in [0.2, 0.25) is 0 Å². The van der Waals surface area contributed by atoms with E-state index in [0.717, 1.165) is 88.0 Å². The zero-order valence-electron chi connectivity index (χ0n) is 37.6.